The summed E-state index contributed by atoms with van der Waals surface area (Å²) >= 11 is 0. The van der Waals surface area contributed by atoms with Crippen LogP contribution in [0.5, 0.6) is 0 Å². The Hall–Kier alpha value is -3.34. The van der Waals surface area contributed by atoms with Crippen molar-refractivity contribution in [2.24, 2.45) is 0 Å². The fraction of sp³-hybridized carbons (Fsp3) is 0.717. The average Bonchev–Trinajstić information content (AvgIpc) is 3.37. The van der Waals surface area contributed by atoms with Crippen LogP contribution < -0.4 is 0 Å². The highest BCUT2D eigenvalue weighted by Crippen LogP contribution is 2.43. The number of ether oxygens (including phenoxy) is 3. The molecular formula is C60H103O11P. The van der Waals surface area contributed by atoms with Crippen molar-refractivity contribution in [2.75, 3.05) is 26.4 Å². The lowest BCUT2D eigenvalue weighted by Gasteiger charge is -2.21. The summed E-state index contributed by atoms with van der Waals surface area (Å²) in [7, 11) is -4.77. The SMILES string of the molecule is CC/C=C\C/C=C\C/C=C\C/C=C\C/C=C\CC(=O)OCC(COP(=O)(O)OCC(CO)OC(=O)CCCCCCCCCCCCC)OC(=O)CCCCCCCCCCC/C=C\C/C=C\CCCCC. The zero-order valence-electron chi connectivity index (χ0n) is 45.6. The molecule has 0 aromatic rings. The minimum Gasteiger partial charge on any atom is -0.461 e. The highest BCUT2D eigenvalue weighted by Gasteiger charge is 2.28. The number of esters is 3. The largest absolute Gasteiger partial charge is 0.472 e. The first-order chi connectivity index (χ1) is 35.2. The van der Waals surface area contributed by atoms with Crippen LogP contribution in [0.25, 0.3) is 0 Å². The van der Waals surface area contributed by atoms with Gasteiger partial charge in [0.2, 0.25) is 0 Å². The summed E-state index contributed by atoms with van der Waals surface area (Å²) in [5, 5.41) is 9.79. The van der Waals surface area contributed by atoms with Crippen LogP contribution in [0.4, 0.5) is 0 Å². The van der Waals surface area contributed by atoms with E-state index in [9.17, 15) is 28.9 Å². The van der Waals surface area contributed by atoms with Gasteiger partial charge in [0.15, 0.2) is 6.10 Å². The molecular weight excluding hydrogens is 928 g/mol. The van der Waals surface area contributed by atoms with E-state index in [2.05, 4.69) is 87.6 Å². The Balaban J connectivity index is 4.82. The number of carbonyl (C=O) groups is 3. The van der Waals surface area contributed by atoms with Crippen molar-refractivity contribution in [1.29, 1.82) is 0 Å². The molecule has 0 aromatic heterocycles. The van der Waals surface area contributed by atoms with Gasteiger partial charge in [0.1, 0.15) is 12.7 Å². The maximum absolute atomic E-state index is 12.9. The van der Waals surface area contributed by atoms with Crippen molar-refractivity contribution in [3.05, 3.63) is 85.1 Å². The Morgan fingerprint density at radius 1 is 0.417 bits per heavy atom. The molecule has 0 aromatic carbocycles. The molecule has 0 aliphatic rings. The summed E-state index contributed by atoms with van der Waals surface area (Å²) in [6.07, 6.45) is 61.4. The third kappa shape index (κ3) is 51.6. The third-order valence-corrected chi connectivity index (χ3v) is 12.8. The minimum atomic E-state index is -4.77. The highest BCUT2D eigenvalue weighted by atomic mass is 31.2. The zero-order valence-corrected chi connectivity index (χ0v) is 46.5. The molecule has 0 saturated heterocycles. The van der Waals surface area contributed by atoms with Gasteiger partial charge in [-0.2, -0.15) is 0 Å². The maximum Gasteiger partial charge on any atom is 0.472 e. The molecule has 12 heteroatoms. The van der Waals surface area contributed by atoms with Gasteiger partial charge in [0, 0.05) is 12.8 Å². The molecule has 0 bridgehead atoms. The fourth-order valence-electron chi connectivity index (χ4n) is 7.52. The predicted octanol–water partition coefficient (Wildman–Crippen LogP) is 16.7. The van der Waals surface area contributed by atoms with Crippen LogP contribution in [0.1, 0.15) is 239 Å². The summed E-state index contributed by atoms with van der Waals surface area (Å²) in [5.74, 6) is -1.62. The molecule has 0 aliphatic heterocycles. The van der Waals surface area contributed by atoms with Crippen molar-refractivity contribution in [2.45, 2.75) is 251 Å². The first-order valence-corrected chi connectivity index (χ1v) is 30.0. The first-order valence-electron chi connectivity index (χ1n) is 28.5. The number of phosphoric acid groups is 1. The van der Waals surface area contributed by atoms with Crippen LogP contribution in [0.2, 0.25) is 0 Å². The Kier molecular flexibility index (Phi) is 51.4. The van der Waals surface area contributed by atoms with E-state index in [1.54, 1.807) is 6.08 Å². The number of carbonyl (C=O) groups excluding carboxylic acids is 3. The van der Waals surface area contributed by atoms with E-state index in [-0.39, 0.29) is 19.3 Å². The van der Waals surface area contributed by atoms with Gasteiger partial charge in [-0.1, -0.05) is 228 Å². The van der Waals surface area contributed by atoms with Crippen LogP contribution in [-0.2, 0) is 42.2 Å². The molecule has 0 saturated carbocycles. The third-order valence-electron chi connectivity index (χ3n) is 11.8. The van der Waals surface area contributed by atoms with Crippen molar-refractivity contribution in [3.8, 4) is 0 Å². The topological polar surface area (TPSA) is 155 Å². The lowest BCUT2D eigenvalue weighted by molar-refractivity contribution is -0.161. The number of allylic oxidation sites excluding steroid dienone is 13. The number of aliphatic hydroxyl groups is 1. The van der Waals surface area contributed by atoms with Gasteiger partial charge in [-0.15, -0.1) is 0 Å². The van der Waals surface area contributed by atoms with Crippen LogP contribution in [0.3, 0.4) is 0 Å². The average molecular weight is 1030 g/mol. The van der Waals surface area contributed by atoms with Gasteiger partial charge in [-0.25, -0.2) is 4.57 Å². The van der Waals surface area contributed by atoms with E-state index in [0.717, 1.165) is 83.5 Å². The second-order valence-electron chi connectivity index (χ2n) is 18.7. The van der Waals surface area contributed by atoms with Gasteiger partial charge in [-0.05, 0) is 77.0 Å². The summed E-state index contributed by atoms with van der Waals surface area (Å²) in [4.78, 5) is 48.4. The molecule has 11 nitrogen and oxygen atoms in total. The number of aliphatic hydroxyl groups excluding tert-OH is 1. The van der Waals surface area contributed by atoms with Crippen molar-refractivity contribution < 1.29 is 52.2 Å². The van der Waals surface area contributed by atoms with Crippen molar-refractivity contribution >= 4 is 25.7 Å². The van der Waals surface area contributed by atoms with Crippen LogP contribution in [-0.4, -0.2) is 66.5 Å². The molecule has 0 heterocycles. The van der Waals surface area contributed by atoms with Gasteiger partial charge >= 0.3 is 25.7 Å². The summed E-state index contributed by atoms with van der Waals surface area (Å²) < 4.78 is 39.3. The summed E-state index contributed by atoms with van der Waals surface area (Å²) in [6.45, 7) is 4.39. The number of phosphoric ester groups is 1. The predicted molar refractivity (Wildman–Crippen MR) is 298 cm³/mol. The van der Waals surface area contributed by atoms with Crippen LogP contribution in [0.15, 0.2) is 85.1 Å². The molecule has 414 valence electrons. The van der Waals surface area contributed by atoms with Gasteiger partial charge in [0.05, 0.1) is 26.2 Å². The molecule has 0 fully saturated rings. The second kappa shape index (κ2) is 53.9. The van der Waals surface area contributed by atoms with E-state index in [1.807, 2.05) is 12.2 Å². The highest BCUT2D eigenvalue weighted by molar-refractivity contribution is 7.47. The summed E-state index contributed by atoms with van der Waals surface area (Å²) in [5.41, 5.74) is 0. The van der Waals surface area contributed by atoms with Crippen LogP contribution >= 0.6 is 7.82 Å². The molecule has 2 N–H and O–H groups in total. The second-order valence-corrected chi connectivity index (χ2v) is 20.2. The van der Waals surface area contributed by atoms with Gasteiger partial charge < -0.3 is 24.2 Å². The number of hydrogen-bond acceptors (Lipinski definition) is 10. The Labute approximate surface area is 439 Å². The van der Waals surface area contributed by atoms with E-state index in [4.69, 9.17) is 23.3 Å². The molecule has 0 rings (SSSR count). The monoisotopic (exact) mass is 1030 g/mol. The normalized spacial score (nSPS) is 14.0. The quantitative estimate of drug-likeness (QED) is 0.0197. The fourth-order valence-corrected chi connectivity index (χ4v) is 8.30. The Bertz CT molecular complexity index is 1530. The molecule has 0 radical (unpaired) electrons. The van der Waals surface area contributed by atoms with E-state index >= 15 is 0 Å². The lowest BCUT2D eigenvalue weighted by Crippen LogP contribution is -2.30. The molecule has 0 amide bonds. The number of unbranched alkanes of at least 4 members (excludes halogenated alkanes) is 22. The standard InChI is InChI=1S/C60H103O11P/c1-4-7-10-13-16-19-22-24-26-27-28-29-31-33-36-39-42-45-48-51-60(64)71-57(53-67-58(62)49-46-43-40-37-35-32-30-25-23-20-17-14-11-8-5-2)55-69-72(65,66)68-54-56(52-61)70-59(63)50-47-44-41-38-34-21-18-15-12-9-6-3/h8,11,16-17,19-20,24-26,30,35,37,43,46,56-57,61H,4-7,9-10,12-15,18,21-23,27-29,31-34,36,38-42,44-45,47-55H2,1-3H3,(H,65,66)/b11-8-,19-16-,20-17-,26-24-,30-25-,37-35-,46-43-. The van der Waals surface area contributed by atoms with Crippen molar-refractivity contribution in [3.63, 3.8) is 0 Å². The molecule has 0 spiro atoms. The smallest absolute Gasteiger partial charge is 0.461 e. The Morgan fingerprint density at radius 3 is 1.21 bits per heavy atom. The van der Waals surface area contributed by atoms with E-state index in [1.165, 1.54) is 96.3 Å². The zero-order chi connectivity index (χ0) is 52.7. The Morgan fingerprint density at radius 2 is 0.764 bits per heavy atom. The molecule has 3 atom stereocenters. The van der Waals surface area contributed by atoms with Gasteiger partial charge in [-0.3, -0.25) is 23.4 Å². The van der Waals surface area contributed by atoms with E-state index < -0.39 is 64.4 Å². The van der Waals surface area contributed by atoms with Crippen LogP contribution in [0, 0.1) is 0 Å². The van der Waals surface area contributed by atoms with Gasteiger partial charge in [0.25, 0.3) is 0 Å². The maximum atomic E-state index is 12.9. The van der Waals surface area contributed by atoms with Crippen molar-refractivity contribution in [1.82, 2.24) is 0 Å². The lowest BCUT2D eigenvalue weighted by atomic mass is 10.1. The number of hydrogen-bond donors (Lipinski definition) is 2. The minimum absolute atomic E-state index is 0.00806. The molecule has 72 heavy (non-hydrogen) atoms. The summed E-state index contributed by atoms with van der Waals surface area (Å²) in [6, 6.07) is 0. The molecule has 0 aliphatic carbocycles. The molecule has 3 unspecified atom stereocenters. The first kappa shape index (κ1) is 68.7. The number of rotatable bonds is 52. The van der Waals surface area contributed by atoms with E-state index in [0.29, 0.717) is 19.3 Å².